The number of hydrogen-bond donors (Lipinski definition) is 1. The monoisotopic (exact) mass is 151 g/mol. The van der Waals surface area contributed by atoms with Crippen LogP contribution in [0, 0.1) is 5.82 Å². The van der Waals surface area contributed by atoms with E-state index < -0.39 is 0 Å². The second kappa shape index (κ2) is 2.62. The molecule has 11 heavy (non-hydrogen) atoms. The van der Waals surface area contributed by atoms with Crippen LogP contribution in [0.5, 0.6) is 0 Å². The summed E-state index contributed by atoms with van der Waals surface area (Å²) < 4.78 is 13.0. The lowest BCUT2D eigenvalue weighted by molar-refractivity contribution is 0.370. The highest BCUT2D eigenvalue weighted by molar-refractivity contribution is 5.22. The first-order valence-corrected chi connectivity index (χ1v) is 3.86. The van der Waals surface area contributed by atoms with E-state index in [9.17, 15) is 4.39 Å². The minimum atomic E-state index is -0.0929. The van der Waals surface area contributed by atoms with Crippen molar-refractivity contribution >= 4 is 0 Å². The first-order valence-electron chi connectivity index (χ1n) is 3.86. The molecule has 1 fully saturated rings. The number of benzene rings is 1. The van der Waals surface area contributed by atoms with Crippen LogP contribution in [0.25, 0.3) is 0 Å². The van der Waals surface area contributed by atoms with Gasteiger partial charge in [-0.2, -0.15) is 0 Å². The zero-order valence-electron chi connectivity index (χ0n) is 6.18. The molecular weight excluding hydrogens is 141 g/mol. The summed E-state index contributed by atoms with van der Waals surface area (Å²) in [7, 11) is 0. The Hall–Kier alpha value is -0.890. The van der Waals surface area contributed by atoms with Crippen LogP contribution in [0.3, 0.4) is 0 Å². The van der Waals surface area contributed by atoms with Crippen molar-refractivity contribution in [2.24, 2.45) is 0 Å². The van der Waals surface area contributed by atoms with Crippen LogP contribution in [0.2, 0.25) is 0 Å². The lowest BCUT2D eigenvalue weighted by Crippen LogP contribution is -2.35. The summed E-state index contributed by atoms with van der Waals surface area (Å²) in [6.45, 7) is 1.01. The van der Waals surface area contributed by atoms with Crippen molar-refractivity contribution in [3.63, 3.8) is 0 Å². The summed E-state index contributed by atoms with van der Waals surface area (Å²) in [6, 6.07) is 7.20. The predicted molar refractivity (Wildman–Crippen MR) is 41.8 cm³/mol. The molecule has 1 saturated heterocycles. The molecule has 1 nitrogen and oxygen atoms in total. The van der Waals surface area contributed by atoms with Gasteiger partial charge in [-0.3, -0.25) is 0 Å². The van der Waals surface area contributed by atoms with Crippen LogP contribution in [0.1, 0.15) is 18.0 Å². The average Bonchev–Trinajstić information content (AvgIpc) is 1.90. The zero-order chi connectivity index (χ0) is 7.68. The molecule has 1 aliphatic rings. The van der Waals surface area contributed by atoms with E-state index in [0.29, 0.717) is 0 Å². The van der Waals surface area contributed by atoms with Gasteiger partial charge in [-0.05, 0) is 19.0 Å². The smallest absolute Gasteiger partial charge is 0.127 e. The van der Waals surface area contributed by atoms with Gasteiger partial charge in [-0.15, -0.1) is 0 Å². The van der Waals surface area contributed by atoms with E-state index in [1.165, 1.54) is 6.07 Å². The van der Waals surface area contributed by atoms with Gasteiger partial charge in [-0.25, -0.2) is 4.39 Å². The van der Waals surface area contributed by atoms with E-state index in [4.69, 9.17) is 0 Å². The zero-order valence-corrected chi connectivity index (χ0v) is 6.18. The van der Waals surface area contributed by atoms with Crippen LogP contribution in [0.15, 0.2) is 24.3 Å². The topological polar surface area (TPSA) is 12.0 Å². The molecule has 0 saturated carbocycles. The molecule has 0 amide bonds. The first kappa shape index (κ1) is 6.80. The SMILES string of the molecule is Fc1ccccc1[C@H]1CCN1. The Morgan fingerprint density at radius 2 is 2.09 bits per heavy atom. The Kier molecular flexibility index (Phi) is 1.62. The summed E-state index contributed by atoms with van der Waals surface area (Å²) in [5, 5.41) is 3.16. The summed E-state index contributed by atoms with van der Waals surface area (Å²) in [6.07, 6.45) is 1.06. The summed E-state index contributed by atoms with van der Waals surface area (Å²) in [5.41, 5.74) is 0.804. The van der Waals surface area contributed by atoms with E-state index in [0.717, 1.165) is 18.5 Å². The van der Waals surface area contributed by atoms with E-state index in [2.05, 4.69) is 5.32 Å². The average molecular weight is 151 g/mol. The van der Waals surface area contributed by atoms with Gasteiger partial charge < -0.3 is 5.32 Å². The fourth-order valence-corrected chi connectivity index (χ4v) is 1.31. The highest BCUT2D eigenvalue weighted by Gasteiger charge is 2.20. The maximum absolute atomic E-state index is 13.0. The standard InChI is InChI=1S/C9H10FN/c10-8-4-2-1-3-7(8)9-5-6-11-9/h1-4,9,11H,5-6H2/t9-/m1/s1. The Morgan fingerprint density at radius 3 is 2.64 bits per heavy atom. The molecular formula is C9H10FN. The molecule has 1 heterocycles. The molecule has 1 aromatic rings. The molecule has 1 atom stereocenters. The first-order chi connectivity index (χ1) is 5.38. The van der Waals surface area contributed by atoms with Crippen LogP contribution in [0.4, 0.5) is 4.39 Å². The van der Waals surface area contributed by atoms with E-state index in [-0.39, 0.29) is 11.9 Å². The van der Waals surface area contributed by atoms with Gasteiger partial charge in [0.2, 0.25) is 0 Å². The fraction of sp³-hybridized carbons (Fsp3) is 0.333. The van der Waals surface area contributed by atoms with Gasteiger partial charge in [0.1, 0.15) is 5.82 Å². The molecule has 58 valence electrons. The quantitative estimate of drug-likeness (QED) is 0.646. The van der Waals surface area contributed by atoms with Gasteiger partial charge in [0.15, 0.2) is 0 Å². The van der Waals surface area contributed by atoms with Crippen LogP contribution >= 0.6 is 0 Å². The van der Waals surface area contributed by atoms with Crippen molar-refractivity contribution in [1.29, 1.82) is 0 Å². The third-order valence-corrected chi connectivity index (χ3v) is 2.10. The minimum Gasteiger partial charge on any atom is -0.310 e. The van der Waals surface area contributed by atoms with E-state index in [1.807, 2.05) is 12.1 Å². The third kappa shape index (κ3) is 1.14. The molecule has 0 aliphatic carbocycles. The number of rotatable bonds is 1. The van der Waals surface area contributed by atoms with Gasteiger partial charge in [0.25, 0.3) is 0 Å². The maximum Gasteiger partial charge on any atom is 0.127 e. The Balaban J connectivity index is 2.28. The number of nitrogens with one attached hydrogen (secondary N) is 1. The Morgan fingerprint density at radius 1 is 1.36 bits per heavy atom. The van der Waals surface area contributed by atoms with Crippen molar-refractivity contribution in [3.8, 4) is 0 Å². The minimum absolute atomic E-state index is 0.0929. The lowest BCUT2D eigenvalue weighted by Gasteiger charge is -2.28. The molecule has 2 heteroatoms. The Bertz CT molecular complexity index is 255. The number of halogens is 1. The van der Waals surface area contributed by atoms with E-state index in [1.54, 1.807) is 6.07 Å². The maximum atomic E-state index is 13.0. The molecule has 2 rings (SSSR count). The molecule has 0 radical (unpaired) electrons. The molecule has 0 bridgehead atoms. The summed E-state index contributed by atoms with van der Waals surface area (Å²) in [4.78, 5) is 0. The van der Waals surface area contributed by atoms with Crippen molar-refractivity contribution in [3.05, 3.63) is 35.6 Å². The molecule has 1 aliphatic heterocycles. The molecule has 0 unspecified atom stereocenters. The third-order valence-electron chi connectivity index (χ3n) is 2.10. The Labute approximate surface area is 65.2 Å². The van der Waals surface area contributed by atoms with Crippen LogP contribution < -0.4 is 5.32 Å². The molecule has 0 aromatic heterocycles. The van der Waals surface area contributed by atoms with Gasteiger partial charge >= 0.3 is 0 Å². The van der Waals surface area contributed by atoms with Gasteiger partial charge in [0.05, 0.1) is 0 Å². The summed E-state index contributed by atoms with van der Waals surface area (Å²) in [5.74, 6) is -0.0929. The lowest BCUT2D eigenvalue weighted by atomic mass is 9.98. The highest BCUT2D eigenvalue weighted by atomic mass is 19.1. The van der Waals surface area contributed by atoms with Crippen molar-refractivity contribution in [1.82, 2.24) is 5.32 Å². The van der Waals surface area contributed by atoms with Gasteiger partial charge in [-0.1, -0.05) is 18.2 Å². The molecule has 1 aromatic carbocycles. The molecule has 0 spiro atoms. The largest absolute Gasteiger partial charge is 0.310 e. The highest BCUT2D eigenvalue weighted by Crippen LogP contribution is 2.24. The van der Waals surface area contributed by atoms with Crippen molar-refractivity contribution in [2.45, 2.75) is 12.5 Å². The van der Waals surface area contributed by atoms with Gasteiger partial charge in [0, 0.05) is 11.6 Å². The number of hydrogen-bond acceptors (Lipinski definition) is 1. The van der Waals surface area contributed by atoms with E-state index >= 15 is 0 Å². The second-order valence-electron chi connectivity index (χ2n) is 2.82. The normalized spacial score (nSPS) is 22.8. The van der Waals surface area contributed by atoms with Crippen LogP contribution in [-0.4, -0.2) is 6.54 Å². The van der Waals surface area contributed by atoms with Crippen LogP contribution in [-0.2, 0) is 0 Å². The van der Waals surface area contributed by atoms with Crippen molar-refractivity contribution < 1.29 is 4.39 Å². The van der Waals surface area contributed by atoms with Crippen molar-refractivity contribution in [2.75, 3.05) is 6.54 Å². The summed E-state index contributed by atoms with van der Waals surface area (Å²) >= 11 is 0. The fourth-order valence-electron chi connectivity index (χ4n) is 1.31. The second-order valence-corrected chi connectivity index (χ2v) is 2.82. The molecule has 1 N–H and O–H groups in total. The predicted octanol–water partition coefficient (Wildman–Crippen LogP) is 1.86.